The van der Waals surface area contributed by atoms with E-state index in [2.05, 4.69) is 15.0 Å². The number of pyridine rings is 1. The zero-order valence-corrected chi connectivity index (χ0v) is 10.5. The molecule has 0 aliphatic carbocycles. The lowest BCUT2D eigenvalue weighted by atomic mass is 10.1. The van der Waals surface area contributed by atoms with Crippen LogP contribution in [0, 0.1) is 0 Å². The Bertz CT molecular complexity index is 849. The van der Waals surface area contributed by atoms with Gasteiger partial charge in [-0.3, -0.25) is 0 Å². The van der Waals surface area contributed by atoms with E-state index in [9.17, 15) is 0 Å². The van der Waals surface area contributed by atoms with Crippen molar-refractivity contribution in [3.05, 3.63) is 24.0 Å². The molecule has 0 saturated carbocycles. The van der Waals surface area contributed by atoms with Gasteiger partial charge in [0.05, 0.1) is 17.4 Å². The SMILES string of the molecule is NCc1nc(N)c2cc3cc4c(cc3nc2n1)OCO4. The van der Waals surface area contributed by atoms with Gasteiger partial charge in [0.2, 0.25) is 6.79 Å². The van der Waals surface area contributed by atoms with Gasteiger partial charge in [0.25, 0.3) is 0 Å². The van der Waals surface area contributed by atoms with Crippen LogP contribution in [0.25, 0.3) is 21.9 Å². The third kappa shape index (κ3) is 1.53. The second-order valence-corrected chi connectivity index (χ2v) is 4.49. The first kappa shape index (κ1) is 11.2. The molecule has 0 saturated heterocycles. The molecule has 4 rings (SSSR count). The van der Waals surface area contributed by atoms with E-state index < -0.39 is 0 Å². The molecular weight excluding hydrogens is 258 g/mol. The number of hydrogen-bond acceptors (Lipinski definition) is 7. The van der Waals surface area contributed by atoms with E-state index >= 15 is 0 Å². The predicted octanol–water partition coefficient (Wildman–Crippen LogP) is 0.948. The van der Waals surface area contributed by atoms with Crippen LogP contribution in [-0.2, 0) is 6.54 Å². The van der Waals surface area contributed by atoms with Crippen molar-refractivity contribution in [1.82, 2.24) is 15.0 Å². The van der Waals surface area contributed by atoms with Crippen molar-refractivity contribution >= 4 is 27.8 Å². The number of nitrogen functional groups attached to an aromatic ring is 1. The van der Waals surface area contributed by atoms with Crippen molar-refractivity contribution in [3.63, 3.8) is 0 Å². The number of aromatic nitrogens is 3. The van der Waals surface area contributed by atoms with Crippen LogP contribution in [0.15, 0.2) is 18.2 Å². The van der Waals surface area contributed by atoms with E-state index in [0.717, 1.165) is 10.9 Å². The summed E-state index contributed by atoms with van der Waals surface area (Å²) in [5.41, 5.74) is 12.8. The molecule has 1 aliphatic heterocycles. The first-order valence-corrected chi connectivity index (χ1v) is 6.11. The van der Waals surface area contributed by atoms with Gasteiger partial charge in [-0.2, -0.15) is 0 Å². The van der Waals surface area contributed by atoms with Gasteiger partial charge in [-0.25, -0.2) is 15.0 Å². The van der Waals surface area contributed by atoms with Crippen molar-refractivity contribution in [3.8, 4) is 11.5 Å². The molecule has 4 N–H and O–H groups in total. The molecule has 7 nitrogen and oxygen atoms in total. The minimum absolute atomic E-state index is 0.223. The molecule has 0 radical (unpaired) electrons. The molecule has 100 valence electrons. The van der Waals surface area contributed by atoms with Crippen LogP contribution in [0.2, 0.25) is 0 Å². The van der Waals surface area contributed by atoms with Gasteiger partial charge in [-0.15, -0.1) is 0 Å². The summed E-state index contributed by atoms with van der Waals surface area (Å²) in [6.45, 7) is 0.450. The van der Waals surface area contributed by atoms with Gasteiger partial charge in [-0.05, 0) is 12.1 Å². The summed E-state index contributed by atoms with van der Waals surface area (Å²) < 4.78 is 10.7. The normalized spacial score (nSPS) is 13.2. The molecule has 1 aliphatic rings. The number of hydrogen-bond donors (Lipinski definition) is 2. The summed E-state index contributed by atoms with van der Waals surface area (Å²) in [4.78, 5) is 12.9. The highest BCUT2D eigenvalue weighted by molar-refractivity contribution is 5.97. The fraction of sp³-hybridized carbons (Fsp3) is 0.154. The second-order valence-electron chi connectivity index (χ2n) is 4.49. The Morgan fingerprint density at radius 2 is 1.85 bits per heavy atom. The lowest BCUT2D eigenvalue weighted by Crippen LogP contribution is -2.06. The number of anilines is 1. The summed E-state index contributed by atoms with van der Waals surface area (Å²) in [6, 6.07) is 5.60. The molecule has 1 aromatic carbocycles. The molecule has 7 heteroatoms. The summed E-state index contributed by atoms with van der Waals surface area (Å²) in [5.74, 6) is 2.24. The van der Waals surface area contributed by atoms with Crippen molar-refractivity contribution in [1.29, 1.82) is 0 Å². The monoisotopic (exact) mass is 269 g/mol. The smallest absolute Gasteiger partial charge is 0.231 e. The van der Waals surface area contributed by atoms with Gasteiger partial charge < -0.3 is 20.9 Å². The standard InChI is InChI=1S/C13H11N5O2/c14-4-11-17-12(15)7-1-6-2-9-10(20-5-19-9)3-8(6)16-13(7)18-11/h1-3H,4-5,14H2,(H2,15,16,17,18). The molecule has 3 heterocycles. The lowest BCUT2D eigenvalue weighted by Gasteiger charge is -2.06. The third-order valence-electron chi connectivity index (χ3n) is 3.23. The number of fused-ring (bicyclic) bond motifs is 3. The van der Waals surface area contributed by atoms with Gasteiger partial charge in [-0.1, -0.05) is 0 Å². The maximum atomic E-state index is 5.93. The van der Waals surface area contributed by atoms with E-state index in [4.69, 9.17) is 20.9 Å². The Balaban J connectivity index is 2.06. The van der Waals surface area contributed by atoms with E-state index in [-0.39, 0.29) is 13.3 Å². The summed E-state index contributed by atoms with van der Waals surface area (Å²) in [6.07, 6.45) is 0. The summed E-state index contributed by atoms with van der Waals surface area (Å²) in [7, 11) is 0. The molecule has 0 spiro atoms. The molecule has 20 heavy (non-hydrogen) atoms. The van der Waals surface area contributed by atoms with Crippen molar-refractivity contribution in [2.24, 2.45) is 5.73 Å². The van der Waals surface area contributed by atoms with Crippen molar-refractivity contribution < 1.29 is 9.47 Å². The first-order valence-electron chi connectivity index (χ1n) is 6.11. The number of nitrogens with two attached hydrogens (primary N) is 2. The number of rotatable bonds is 1. The molecule has 3 aromatic rings. The first-order chi connectivity index (χ1) is 9.74. The Hall–Kier alpha value is -2.67. The van der Waals surface area contributed by atoms with Gasteiger partial charge in [0.1, 0.15) is 11.6 Å². The van der Waals surface area contributed by atoms with Crippen LogP contribution >= 0.6 is 0 Å². The minimum atomic E-state index is 0.223. The fourth-order valence-corrected chi connectivity index (χ4v) is 2.27. The number of ether oxygens (including phenoxy) is 2. The van der Waals surface area contributed by atoms with E-state index in [1.54, 1.807) is 0 Å². The summed E-state index contributed by atoms with van der Waals surface area (Å²) in [5, 5.41) is 1.60. The van der Waals surface area contributed by atoms with Crippen LogP contribution in [-0.4, -0.2) is 21.7 Å². The topological polar surface area (TPSA) is 109 Å². The molecule has 0 fully saturated rings. The average Bonchev–Trinajstić information content (AvgIpc) is 2.90. The van der Waals surface area contributed by atoms with E-state index in [1.807, 2.05) is 18.2 Å². The van der Waals surface area contributed by atoms with Gasteiger partial charge in [0.15, 0.2) is 17.1 Å². The number of nitrogens with zero attached hydrogens (tertiary/aromatic N) is 3. The Labute approximate surface area is 113 Å². The highest BCUT2D eigenvalue weighted by atomic mass is 16.7. The molecule has 0 bridgehead atoms. The highest BCUT2D eigenvalue weighted by Crippen LogP contribution is 2.36. The Morgan fingerprint density at radius 1 is 1.05 bits per heavy atom. The number of benzene rings is 1. The molecule has 0 unspecified atom stereocenters. The minimum Gasteiger partial charge on any atom is -0.454 e. The highest BCUT2D eigenvalue weighted by Gasteiger charge is 2.16. The van der Waals surface area contributed by atoms with Gasteiger partial charge >= 0.3 is 0 Å². The zero-order chi connectivity index (χ0) is 13.7. The summed E-state index contributed by atoms with van der Waals surface area (Å²) >= 11 is 0. The average molecular weight is 269 g/mol. The second kappa shape index (κ2) is 3.91. The zero-order valence-electron chi connectivity index (χ0n) is 10.5. The van der Waals surface area contributed by atoms with E-state index in [1.165, 1.54) is 0 Å². The van der Waals surface area contributed by atoms with Crippen molar-refractivity contribution in [2.45, 2.75) is 6.54 Å². The van der Waals surface area contributed by atoms with Crippen LogP contribution in [0.5, 0.6) is 11.5 Å². The van der Waals surface area contributed by atoms with Gasteiger partial charge in [0, 0.05) is 11.5 Å². The van der Waals surface area contributed by atoms with Crippen LogP contribution in [0.4, 0.5) is 5.82 Å². The van der Waals surface area contributed by atoms with Crippen LogP contribution in [0.3, 0.4) is 0 Å². The Kier molecular flexibility index (Phi) is 2.19. The van der Waals surface area contributed by atoms with E-state index in [0.29, 0.717) is 34.2 Å². The molecule has 0 amide bonds. The molecule has 0 atom stereocenters. The van der Waals surface area contributed by atoms with Crippen LogP contribution < -0.4 is 20.9 Å². The molecular formula is C13H11N5O2. The quantitative estimate of drug-likeness (QED) is 0.633. The third-order valence-corrected chi connectivity index (χ3v) is 3.23. The fourth-order valence-electron chi connectivity index (χ4n) is 2.27. The largest absolute Gasteiger partial charge is 0.454 e. The molecule has 2 aromatic heterocycles. The van der Waals surface area contributed by atoms with Crippen LogP contribution in [0.1, 0.15) is 5.82 Å². The maximum Gasteiger partial charge on any atom is 0.231 e. The Morgan fingerprint density at radius 3 is 2.65 bits per heavy atom. The predicted molar refractivity (Wildman–Crippen MR) is 73.3 cm³/mol. The lowest BCUT2D eigenvalue weighted by molar-refractivity contribution is 0.174. The van der Waals surface area contributed by atoms with Crippen molar-refractivity contribution in [2.75, 3.05) is 12.5 Å². The maximum absolute atomic E-state index is 5.93.